The second-order valence-electron chi connectivity index (χ2n) is 6.59. The highest BCUT2D eigenvalue weighted by molar-refractivity contribution is 5.95. The van der Waals surface area contributed by atoms with Crippen LogP contribution in [0.2, 0.25) is 0 Å². The number of rotatable bonds is 2. The number of carbonyl (C=O) groups is 1. The van der Waals surface area contributed by atoms with Crippen molar-refractivity contribution in [3.63, 3.8) is 0 Å². The minimum Gasteiger partial charge on any atom is -0.490 e. The molecule has 1 atom stereocenters. The molecule has 0 radical (unpaired) electrons. The van der Waals surface area contributed by atoms with Gasteiger partial charge in [-0.2, -0.15) is 0 Å². The lowest BCUT2D eigenvalue weighted by atomic mass is 9.87. The van der Waals surface area contributed by atoms with Crippen LogP contribution in [0.4, 0.5) is 5.69 Å². The van der Waals surface area contributed by atoms with Gasteiger partial charge < -0.3 is 20.5 Å². The third-order valence-electron chi connectivity index (χ3n) is 4.80. The molecule has 4 rings (SSSR count). The van der Waals surface area contributed by atoms with Crippen molar-refractivity contribution < 1.29 is 14.3 Å². The summed E-state index contributed by atoms with van der Waals surface area (Å²) < 4.78 is 11.3. The topological polar surface area (TPSA) is 73.6 Å². The lowest BCUT2D eigenvalue weighted by Gasteiger charge is -2.26. The molecule has 1 heterocycles. The fourth-order valence-electron chi connectivity index (χ4n) is 3.53. The Morgan fingerprint density at radius 3 is 2.76 bits per heavy atom. The first-order chi connectivity index (χ1) is 12.2. The maximum absolute atomic E-state index is 12.7. The van der Waals surface area contributed by atoms with Crippen LogP contribution in [0.15, 0.2) is 36.4 Å². The summed E-state index contributed by atoms with van der Waals surface area (Å²) in [5.41, 5.74) is 9.65. The van der Waals surface area contributed by atoms with Gasteiger partial charge in [0.05, 0.1) is 19.3 Å². The fraction of sp³-hybridized carbons (Fsp3) is 0.350. The summed E-state index contributed by atoms with van der Waals surface area (Å²) in [4.78, 5) is 12.7. The third kappa shape index (κ3) is 3.27. The van der Waals surface area contributed by atoms with Crippen molar-refractivity contribution >= 4 is 11.6 Å². The van der Waals surface area contributed by atoms with Crippen molar-refractivity contribution in [2.24, 2.45) is 0 Å². The highest BCUT2D eigenvalue weighted by Crippen LogP contribution is 2.33. The first-order valence-corrected chi connectivity index (χ1v) is 8.79. The Morgan fingerprint density at radius 1 is 1.04 bits per heavy atom. The van der Waals surface area contributed by atoms with Gasteiger partial charge in [0.25, 0.3) is 5.91 Å². The van der Waals surface area contributed by atoms with Gasteiger partial charge >= 0.3 is 0 Å². The summed E-state index contributed by atoms with van der Waals surface area (Å²) in [5.74, 6) is 1.25. The molecule has 130 valence electrons. The lowest BCUT2D eigenvalue weighted by Crippen LogP contribution is -2.31. The van der Waals surface area contributed by atoms with E-state index in [2.05, 4.69) is 5.32 Å². The molecular formula is C20H22N2O3. The number of nitrogens with two attached hydrogens (primary N) is 1. The van der Waals surface area contributed by atoms with Crippen LogP contribution in [-0.4, -0.2) is 19.1 Å². The van der Waals surface area contributed by atoms with Crippen LogP contribution in [0.5, 0.6) is 11.5 Å². The Kier molecular flexibility index (Phi) is 4.22. The zero-order valence-corrected chi connectivity index (χ0v) is 14.1. The van der Waals surface area contributed by atoms with E-state index in [0.29, 0.717) is 30.3 Å². The number of amides is 1. The number of ether oxygens (including phenoxy) is 2. The summed E-state index contributed by atoms with van der Waals surface area (Å²) in [5, 5.41) is 3.16. The van der Waals surface area contributed by atoms with E-state index in [-0.39, 0.29) is 11.9 Å². The van der Waals surface area contributed by atoms with E-state index in [1.165, 1.54) is 11.1 Å². The van der Waals surface area contributed by atoms with Gasteiger partial charge in [0.15, 0.2) is 11.5 Å². The highest BCUT2D eigenvalue weighted by Gasteiger charge is 2.23. The number of hydrogen-bond donors (Lipinski definition) is 2. The zero-order chi connectivity index (χ0) is 17.2. The van der Waals surface area contributed by atoms with Crippen molar-refractivity contribution in [2.45, 2.75) is 31.7 Å². The van der Waals surface area contributed by atoms with Gasteiger partial charge in [-0.15, -0.1) is 0 Å². The number of nitrogen functional groups attached to an aromatic ring is 1. The summed E-state index contributed by atoms with van der Waals surface area (Å²) in [6.07, 6.45) is 3.84. The molecular weight excluding hydrogens is 316 g/mol. The van der Waals surface area contributed by atoms with E-state index < -0.39 is 0 Å². The van der Waals surface area contributed by atoms with Crippen molar-refractivity contribution in [1.82, 2.24) is 5.32 Å². The average molecular weight is 338 g/mol. The smallest absolute Gasteiger partial charge is 0.251 e. The molecule has 0 saturated heterocycles. The maximum atomic E-state index is 12.7. The van der Waals surface area contributed by atoms with Crippen LogP contribution in [0.1, 0.15) is 46.8 Å². The van der Waals surface area contributed by atoms with Gasteiger partial charge in [-0.25, -0.2) is 0 Å². The molecule has 0 aromatic heterocycles. The van der Waals surface area contributed by atoms with Crippen LogP contribution in [-0.2, 0) is 6.42 Å². The molecule has 2 aliphatic rings. The second-order valence-corrected chi connectivity index (χ2v) is 6.59. The molecule has 0 bridgehead atoms. The predicted molar refractivity (Wildman–Crippen MR) is 96.0 cm³/mol. The van der Waals surface area contributed by atoms with Gasteiger partial charge in [0, 0.05) is 17.7 Å². The normalized spacial score (nSPS) is 18.8. The van der Waals surface area contributed by atoms with Gasteiger partial charge in [-0.1, -0.05) is 6.07 Å². The van der Waals surface area contributed by atoms with E-state index in [9.17, 15) is 4.79 Å². The van der Waals surface area contributed by atoms with E-state index in [0.717, 1.165) is 31.4 Å². The monoisotopic (exact) mass is 338 g/mol. The molecule has 25 heavy (non-hydrogen) atoms. The Morgan fingerprint density at radius 2 is 1.88 bits per heavy atom. The Labute approximate surface area is 147 Å². The molecule has 0 spiro atoms. The maximum Gasteiger partial charge on any atom is 0.251 e. The summed E-state index contributed by atoms with van der Waals surface area (Å²) >= 11 is 0. The number of aryl methyl sites for hydroxylation is 1. The van der Waals surface area contributed by atoms with Crippen LogP contribution in [0.25, 0.3) is 0 Å². The van der Waals surface area contributed by atoms with Crippen molar-refractivity contribution in [3.8, 4) is 11.5 Å². The fourth-order valence-corrected chi connectivity index (χ4v) is 3.53. The Bertz CT molecular complexity index is 804. The van der Waals surface area contributed by atoms with Crippen LogP contribution in [0, 0.1) is 0 Å². The largest absolute Gasteiger partial charge is 0.490 e. The number of fused-ring (bicyclic) bond motifs is 2. The lowest BCUT2D eigenvalue weighted by molar-refractivity contribution is 0.0932. The standard InChI is InChI=1S/C20H22N2O3/c21-15-6-7-16-13(11-15)3-1-4-17(16)22-20(23)14-5-8-18-19(12-14)25-10-2-9-24-18/h5-8,11-12,17H,1-4,9-10,21H2,(H,22,23). The molecule has 0 saturated carbocycles. The molecule has 1 aliphatic carbocycles. The number of carbonyl (C=O) groups excluding carboxylic acids is 1. The Balaban J connectivity index is 1.54. The molecule has 2 aromatic carbocycles. The minimum atomic E-state index is -0.0923. The first-order valence-electron chi connectivity index (χ1n) is 8.79. The number of hydrogen-bond acceptors (Lipinski definition) is 4. The van der Waals surface area contributed by atoms with E-state index in [1.807, 2.05) is 24.3 Å². The molecule has 2 aromatic rings. The van der Waals surface area contributed by atoms with Gasteiger partial charge in [0.2, 0.25) is 0 Å². The number of nitrogens with one attached hydrogen (secondary N) is 1. The molecule has 1 aliphatic heterocycles. The summed E-state index contributed by atoms with van der Waals surface area (Å²) in [6.45, 7) is 1.25. The molecule has 3 N–H and O–H groups in total. The highest BCUT2D eigenvalue weighted by atomic mass is 16.5. The van der Waals surface area contributed by atoms with Crippen LogP contribution in [0.3, 0.4) is 0 Å². The van der Waals surface area contributed by atoms with Crippen LogP contribution >= 0.6 is 0 Å². The molecule has 5 nitrogen and oxygen atoms in total. The van der Waals surface area contributed by atoms with E-state index in [4.69, 9.17) is 15.2 Å². The van der Waals surface area contributed by atoms with Crippen molar-refractivity contribution in [2.75, 3.05) is 18.9 Å². The third-order valence-corrected chi connectivity index (χ3v) is 4.80. The quantitative estimate of drug-likeness (QED) is 0.825. The summed E-state index contributed by atoms with van der Waals surface area (Å²) in [6, 6.07) is 11.3. The molecule has 1 amide bonds. The van der Waals surface area contributed by atoms with Gasteiger partial charge in [0.1, 0.15) is 0 Å². The number of benzene rings is 2. The predicted octanol–water partition coefficient (Wildman–Crippen LogP) is 3.24. The minimum absolute atomic E-state index is 0.0211. The number of anilines is 1. The average Bonchev–Trinajstić information content (AvgIpc) is 2.86. The summed E-state index contributed by atoms with van der Waals surface area (Å²) in [7, 11) is 0. The zero-order valence-electron chi connectivity index (χ0n) is 14.1. The molecule has 5 heteroatoms. The molecule has 1 unspecified atom stereocenters. The van der Waals surface area contributed by atoms with Crippen molar-refractivity contribution in [3.05, 3.63) is 53.1 Å². The van der Waals surface area contributed by atoms with Crippen molar-refractivity contribution in [1.29, 1.82) is 0 Å². The first kappa shape index (κ1) is 15.8. The van der Waals surface area contributed by atoms with Gasteiger partial charge in [-0.3, -0.25) is 4.79 Å². The second kappa shape index (κ2) is 6.67. The van der Waals surface area contributed by atoms with E-state index >= 15 is 0 Å². The Hall–Kier alpha value is -2.69. The molecule has 0 fully saturated rings. The van der Waals surface area contributed by atoms with Gasteiger partial charge in [-0.05, 0) is 60.7 Å². The van der Waals surface area contributed by atoms with E-state index in [1.54, 1.807) is 12.1 Å². The van der Waals surface area contributed by atoms with Crippen LogP contribution < -0.4 is 20.5 Å². The SMILES string of the molecule is Nc1ccc2c(c1)CCCC2NC(=O)c1ccc2c(c1)OCCCO2.